The first-order valence-electron chi connectivity index (χ1n) is 9.50. The molecule has 0 saturated heterocycles. The van der Waals surface area contributed by atoms with Gasteiger partial charge in [-0.3, -0.25) is 4.90 Å². The third kappa shape index (κ3) is 4.17. The maximum absolute atomic E-state index is 13.9. The van der Waals surface area contributed by atoms with Crippen molar-refractivity contribution in [3.05, 3.63) is 82.7 Å². The van der Waals surface area contributed by atoms with Gasteiger partial charge in [0, 0.05) is 12.1 Å². The predicted molar refractivity (Wildman–Crippen MR) is 113 cm³/mol. The summed E-state index contributed by atoms with van der Waals surface area (Å²) in [6.45, 7) is 0. The van der Waals surface area contributed by atoms with Gasteiger partial charge in [-0.15, -0.1) is 0 Å². The van der Waals surface area contributed by atoms with Gasteiger partial charge in [0.05, 0.1) is 16.1 Å². The highest BCUT2D eigenvalue weighted by atomic mass is 32.2. The van der Waals surface area contributed by atoms with Gasteiger partial charge in [-0.1, -0.05) is 0 Å². The lowest BCUT2D eigenvalue weighted by Crippen LogP contribution is -2.23. The summed E-state index contributed by atoms with van der Waals surface area (Å²) >= 11 is 0. The van der Waals surface area contributed by atoms with Crippen LogP contribution in [0.25, 0.3) is 0 Å². The van der Waals surface area contributed by atoms with E-state index in [1.165, 1.54) is 42.5 Å². The summed E-state index contributed by atoms with van der Waals surface area (Å²) in [5.41, 5.74) is 1.13. The average Bonchev–Trinajstić information content (AvgIpc) is 3.21. The number of sulfonamides is 1. The molecule has 0 saturated carbocycles. The number of halogens is 5. The third-order valence-electron chi connectivity index (χ3n) is 5.10. The number of carbonyl (C=O) groups is 1. The van der Waals surface area contributed by atoms with Crippen molar-refractivity contribution in [2.75, 3.05) is 4.90 Å². The molecular weight excluding hydrogens is 499 g/mol. The molecule has 182 valence electrons. The Balaban J connectivity index is 1.67. The van der Waals surface area contributed by atoms with Crippen LogP contribution in [-0.4, -0.2) is 20.2 Å². The summed E-state index contributed by atoms with van der Waals surface area (Å²) < 4.78 is 95.1. The van der Waals surface area contributed by atoms with Gasteiger partial charge in [-0.25, -0.2) is 31.5 Å². The number of rotatable bonds is 4. The zero-order valence-electron chi connectivity index (χ0n) is 17.2. The number of benzene rings is 3. The molecule has 1 aliphatic rings. The van der Waals surface area contributed by atoms with Gasteiger partial charge in [-0.05, 0) is 48.0 Å². The second-order valence-corrected chi connectivity index (χ2v) is 8.79. The highest BCUT2D eigenvalue weighted by Crippen LogP contribution is 2.37. The second kappa shape index (κ2) is 8.63. The molecule has 0 bridgehead atoms. The Morgan fingerprint density at radius 2 is 1.49 bits per heavy atom. The molecule has 0 unspecified atom stereocenters. The Labute approximate surface area is 194 Å². The number of anilines is 2. The van der Waals surface area contributed by atoms with E-state index in [9.17, 15) is 35.2 Å². The van der Waals surface area contributed by atoms with Crippen LogP contribution in [0.2, 0.25) is 0 Å². The first kappa shape index (κ1) is 24.1. The molecule has 0 atom stereocenters. The van der Waals surface area contributed by atoms with E-state index in [1.54, 1.807) is 4.90 Å². The van der Waals surface area contributed by atoms with E-state index < -0.39 is 50.8 Å². The molecule has 35 heavy (non-hydrogen) atoms. The van der Waals surface area contributed by atoms with Crippen molar-refractivity contribution in [3.8, 4) is 5.75 Å². The molecule has 8 nitrogen and oxygen atoms in total. The molecule has 0 amide bonds. The summed E-state index contributed by atoms with van der Waals surface area (Å²) in [4.78, 5) is 13.9. The lowest BCUT2D eigenvalue weighted by atomic mass is 10.1. The summed E-state index contributed by atoms with van der Waals surface area (Å²) in [5.74, 6) is -8.81. The van der Waals surface area contributed by atoms with E-state index in [4.69, 9.17) is 11.0 Å². The van der Waals surface area contributed by atoms with Crippen LogP contribution in [0.15, 0.2) is 52.5 Å². The molecule has 4 N–H and O–H groups in total. The van der Waals surface area contributed by atoms with Crippen LogP contribution in [-0.2, 0) is 16.4 Å². The lowest BCUT2D eigenvalue weighted by Gasteiger charge is -2.20. The second-order valence-electron chi connectivity index (χ2n) is 7.23. The van der Waals surface area contributed by atoms with Crippen LogP contribution in [0.4, 0.5) is 33.3 Å². The van der Waals surface area contributed by atoms with Crippen LogP contribution in [0, 0.1) is 29.1 Å². The Hall–Kier alpha value is -4.04. The highest BCUT2D eigenvalue weighted by molar-refractivity contribution is 7.89. The van der Waals surface area contributed by atoms with E-state index in [0.717, 1.165) is 0 Å². The van der Waals surface area contributed by atoms with Crippen LogP contribution < -0.4 is 20.6 Å². The van der Waals surface area contributed by atoms with E-state index in [2.05, 4.69) is 9.84 Å². The van der Waals surface area contributed by atoms with E-state index in [1.807, 2.05) is 0 Å². The number of nitrogens with zero attached hydrogens (tertiary/aromatic N) is 2. The molecule has 0 aromatic heterocycles. The molecule has 0 fully saturated rings. The van der Waals surface area contributed by atoms with Gasteiger partial charge in [0.25, 0.3) is 0 Å². The predicted octanol–water partition coefficient (Wildman–Crippen LogP) is 3.22. The normalized spacial score (nSPS) is 14.3. The number of hydrazone groups is 1. The Morgan fingerprint density at radius 3 is 2.03 bits per heavy atom. The summed E-state index contributed by atoms with van der Waals surface area (Å²) in [6.07, 6.45) is 0.0897. The Kier molecular flexibility index (Phi) is 5.94. The topological polar surface area (TPSA) is 128 Å². The lowest BCUT2D eigenvalue weighted by molar-refractivity contribution is 0.0716. The number of amidine groups is 1. The van der Waals surface area contributed by atoms with Crippen molar-refractivity contribution < 1.29 is 39.9 Å². The summed E-state index contributed by atoms with van der Waals surface area (Å²) in [7, 11) is -3.92. The number of hydrogen-bond acceptors (Lipinski definition) is 6. The maximum Gasteiger partial charge on any atom is 0.343 e. The minimum absolute atomic E-state index is 0.0897. The average molecular weight is 512 g/mol. The summed E-state index contributed by atoms with van der Waals surface area (Å²) in [5, 5.41) is 8.79. The number of esters is 1. The van der Waals surface area contributed by atoms with Crippen LogP contribution in [0.5, 0.6) is 5.75 Å². The van der Waals surface area contributed by atoms with E-state index >= 15 is 0 Å². The molecule has 1 aliphatic heterocycles. The fourth-order valence-corrected chi connectivity index (χ4v) is 3.98. The van der Waals surface area contributed by atoms with Gasteiger partial charge in [0.2, 0.25) is 44.9 Å². The first-order chi connectivity index (χ1) is 16.4. The maximum atomic E-state index is 13.9. The molecule has 0 aliphatic carbocycles. The molecule has 0 spiro atoms. The van der Waals surface area contributed by atoms with Crippen LogP contribution in [0.3, 0.4) is 0 Å². The third-order valence-corrected chi connectivity index (χ3v) is 6.03. The number of ether oxygens (including phenoxy) is 1. The number of carbonyl (C=O) groups excluding carboxylic acids is 1. The Bertz CT molecular complexity index is 1480. The van der Waals surface area contributed by atoms with Crippen LogP contribution in [0.1, 0.15) is 15.9 Å². The quantitative estimate of drug-likeness (QED) is 0.105. The van der Waals surface area contributed by atoms with Crippen molar-refractivity contribution in [3.63, 3.8) is 0 Å². The van der Waals surface area contributed by atoms with E-state index in [-0.39, 0.29) is 16.9 Å². The largest absolute Gasteiger partial charge is 0.416 e. The van der Waals surface area contributed by atoms with Gasteiger partial charge < -0.3 is 10.6 Å². The number of hydrogen-bond donors (Lipinski definition) is 2. The fraction of sp³-hybridized carbons (Fsp3) is 0.0476. The zero-order chi connectivity index (χ0) is 25.7. The SMILES string of the molecule is NN=C1Cc2cc(C(=O)Oc3c(F)c(F)c(F)c(F)c3F)ccc2N1c1ccc(S(N)(=O)=O)cc1. The molecule has 0 radical (unpaired) electrons. The van der Waals surface area contributed by atoms with Crippen LogP contribution >= 0.6 is 0 Å². The molecule has 4 rings (SSSR count). The number of primary sulfonamides is 1. The van der Waals surface area contributed by atoms with Crippen molar-refractivity contribution in [2.45, 2.75) is 11.3 Å². The first-order valence-corrected chi connectivity index (χ1v) is 11.0. The highest BCUT2D eigenvalue weighted by Gasteiger charge is 2.31. The Morgan fingerprint density at radius 1 is 0.914 bits per heavy atom. The summed E-state index contributed by atoms with van der Waals surface area (Å²) in [6, 6.07) is 9.32. The van der Waals surface area contributed by atoms with Gasteiger partial charge in [-0.2, -0.15) is 13.9 Å². The minimum Gasteiger partial charge on any atom is -0.416 e. The van der Waals surface area contributed by atoms with Crippen molar-refractivity contribution >= 4 is 33.2 Å². The molecule has 1 heterocycles. The van der Waals surface area contributed by atoms with Gasteiger partial charge >= 0.3 is 5.97 Å². The molecule has 14 heteroatoms. The number of nitrogens with two attached hydrogens (primary N) is 2. The van der Waals surface area contributed by atoms with Crippen molar-refractivity contribution in [2.24, 2.45) is 16.1 Å². The monoisotopic (exact) mass is 512 g/mol. The van der Waals surface area contributed by atoms with Gasteiger partial charge in [0.15, 0.2) is 0 Å². The minimum atomic E-state index is -3.92. The number of fused-ring (bicyclic) bond motifs is 1. The fourth-order valence-electron chi connectivity index (χ4n) is 3.46. The standard InChI is InChI=1S/C21H13F5N4O4S/c22-15-16(23)18(25)20(19(26)17(15)24)34-21(31)9-1-6-13-10(7-9)8-14(29-27)30(13)11-2-4-12(5-3-11)35(28,32)33/h1-7H,8,27H2,(H2,28,32,33). The van der Waals surface area contributed by atoms with Crippen molar-refractivity contribution in [1.29, 1.82) is 0 Å². The van der Waals surface area contributed by atoms with Gasteiger partial charge in [0.1, 0.15) is 5.84 Å². The van der Waals surface area contributed by atoms with E-state index in [0.29, 0.717) is 22.8 Å². The zero-order valence-corrected chi connectivity index (χ0v) is 18.0. The van der Waals surface area contributed by atoms with Crippen molar-refractivity contribution in [1.82, 2.24) is 0 Å². The molecule has 3 aromatic carbocycles. The molecular formula is C21H13F5N4O4S. The molecule has 3 aromatic rings. The smallest absolute Gasteiger partial charge is 0.343 e.